The lowest BCUT2D eigenvalue weighted by Gasteiger charge is -2.35. The van der Waals surface area contributed by atoms with Crippen molar-refractivity contribution in [3.05, 3.63) is 72.7 Å². The van der Waals surface area contributed by atoms with Crippen LogP contribution in [0.5, 0.6) is 5.75 Å². The molecule has 0 radical (unpaired) electrons. The van der Waals surface area contributed by atoms with Crippen LogP contribution in [0.2, 0.25) is 0 Å². The predicted octanol–water partition coefficient (Wildman–Crippen LogP) is 2.64. The number of hydrogen-bond donors (Lipinski definition) is 1. The number of hydrogen-bond acceptors (Lipinski definition) is 7. The Kier molecular flexibility index (Phi) is 6.74. The Labute approximate surface area is 193 Å². The van der Waals surface area contributed by atoms with E-state index in [0.717, 1.165) is 5.82 Å². The highest BCUT2D eigenvalue weighted by Crippen LogP contribution is 2.21. The summed E-state index contributed by atoms with van der Waals surface area (Å²) in [6.07, 6.45) is 4.98. The number of aromatic nitrogens is 2. The molecule has 1 saturated heterocycles. The molecular weight excluding hydrogens is 442 g/mol. The van der Waals surface area contributed by atoms with Gasteiger partial charge in [0.1, 0.15) is 11.6 Å². The first-order valence-corrected chi connectivity index (χ1v) is 12.1. The zero-order chi connectivity index (χ0) is 23.3. The summed E-state index contributed by atoms with van der Waals surface area (Å²) in [6, 6.07) is 12.7. The van der Waals surface area contributed by atoms with Gasteiger partial charge >= 0.3 is 0 Å². The van der Waals surface area contributed by atoms with Gasteiger partial charge in [-0.05, 0) is 49.4 Å². The zero-order valence-electron chi connectivity index (χ0n) is 18.2. The van der Waals surface area contributed by atoms with Gasteiger partial charge in [0.15, 0.2) is 0 Å². The van der Waals surface area contributed by atoms with Crippen molar-refractivity contribution in [1.29, 1.82) is 0 Å². The van der Waals surface area contributed by atoms with Crippen LogP contribution in [0.25, 0.3) is 0 Å². The van der Waals surface area contributed by atoms with Crippen molar-refractivity contribution in [2.75, 3.05) is 42.4 Å². The number of amides is 1. The number of rotatable bonds is 7. The van der Waals surface area contributed by atoms with Crippen molar-refractivity contribution in [3.8, 4) is 5.75 Å². The monoisotopic (exact) mass is 467 g/mol. The number of sulfonamides is 1. The van der Waals surface area contributed by atoms with E-state index in [0.29, 0.717) is 49.8 Å². The molecule has 1 fully saturated rings. The molecule has 0 atom stereocenters. The van der Waals surface area contributed by atoms with Gasteiger partial charge in [-0.25, -0.2) is 13.4 Å². The predicted molar refractivity (Wildman–Crippen MR) is 125 cm³/mol. The van der Waals surface area contributed by atoms with Gasteiger partial charge in [-0.1, -0.05) is 6.07 Å². The molecule has 2 heterocycles. The van der Waals surface area contributed by atoms with Crippen molar-refractivity contribution in [3.63, 3.8) is 0 Å². The van der Waals surface area contributed by atoms with Crippen LogP contribution in [0.15, 0.2) is 72.0 Å². The van der Waals surface area contributed by atoms with E-state index in [-0.39, 0.29) is 10.8 Å². The molecule has 1 aliphatic rings. The first-order valence-electron chi connectivity index (χ1n) is 10.6. The lowest BCUT2D eigenvalue weighted by atomic mass is 10.1. The van der Waals surface area contributed by atoms with Crippen molar-refractivity contribution in [2.45, 2.75) is 11.8 Å². The minimum absolute atomic E-state index is 0.114. The minimum Gasteiger partial charge on any atom is -0.494 e. The number of anilines is 2. The molecule has 10 heteroatoms. The molecule has 2 aromatic carbocycles. The molecule has 1 N–H and O–H groups in total. The summed E-state index contributed by atoms with van der Waals surface area (Å²) >= 11 is 0. The van der Waals surface area contributed by atoms with E-state index in [1.807, 2.05) is 6.92 Å². The Hall–Kier alpha value is -3.66. The van der Waals surface area contributed by atoms with Crippen LogP contribution in [-0.4, -0.2) is 62.0 Å². The number of nitrogens with zero attached hydrogens (tertiary/aromatic N) is 4. The average Bonchev–Trinajstić information content (AvgIpc) is 2.85. The molecule has 0 unspecified atom stereocenters. The third-order valence-electron chi connectivity index (χ3n) is 5.25. The second-order valence-electron chi connectivity index (χ2n) is 7.43. The third kappa shape index (κ3) is 5.40. The van der Waals surface area contributed by atoms with Crippen LogP contribution < -0.4 is 14.4 Å². The Morgan fingerprint density at radius 1 is 1.06 bits per heavy atom. The molecule has 4 rings (SSSR count). The number of benzene rings is 2. The van der Waals surface area contributed by atoms with Gasteiger partial charge in [0.2, 0.25) is 0 Å². The first kappa shape index (κ1) is 22.5. The van der Waals surface area contributed by atoms with Crippen molar-refractivity contribution in [2.24, 2.45) is 0 Å². The molecule has 0 saturated carbocycles. The molecule has 1 aliphatic heterocycles. The number of carbonyl (C=O) groups excluding carboxylic acids is 1. The van der Waals surface area contributed by atoms with Crippen LogP contribution in [0, 0.1) is 0 Å². The fourth-order valence-electron chi connectivity index (χ4n) is 3.59. The Morgan fingerprint density at radius 2 is 1.82 bits per heavy atom. The molecule has 1 amide bonds. The molecule has 1 aromatic heterocycles. The number of nitrogens with one attached hydrogen (secondary N) is 1. The molecule has 0 bridgehead atoms. The summed E-state index contributed by atoms with van der Waals surface area (Å²) in [5, 5.41) is 0. The normalized spacial score (nSPS) is 14.1. The lowest BCUT2D eigenvalue weighted by molar-refractivity contribution is 0.0746. The lowest BCUT2D eigenvalue weighted by Crippen LogP contribution is -2.49. The van der Waals surface area contributed by atoms with Crippen LogP contribution in [-0.2, 0) is 10.0 Å². The molecule has 0 aliphatic carbocycles. The fraction of sp³-hybridized carbons (Fsp3) is 0.261. The zero-order valence-corrected chi connectivity index (χ0v) is 19.0. The average molecular weight is 468 g/mol. The summed E-state index contributed by atoms with van der Waals surface area (Å²) < 4.78 is 33.4. The second-order valence-corrected chi connectivity index (χ2v) is 9.12. The van der Waals surface area contributed by atoms with E-state index in [9.17, 15) is 13.2 Å². The van der Waals surface area contributed by atoms with Crippen molar-refractivity contribution < 1.29 is 17.9 Å². The van der Waals surface area contributed by atoms with Gasteiger partial charge in [0, 0.05) is 49.8 Å². The van der Waals surface area contributed by atoms with Gasteiger partial charge in [0.05, 0.1) is 17.7 Å². The third-order valence-corrected chi connectivity index (χ3v) is 6.64. The van der Waals surface area contributed by atoms with Crippen molar-refractivity contribution >= 4 is 27.4 Å². The summed E-state index contributed by atoms with van der Waals surface area (Å²) in [6.45, 7) is 4.73. The standard InChI is InChI=1S/C23H25N5O4S/c1-2-32-20-6-8-21(9-7-20)33(30,31)26-19-5-3-4-18(16-19)23(29)28-14-12-27(13-15-28)22-17-24-10-11-25-22/h3-11,16-17,26H,2,12-15H2,1H3. The number of ether oxygens (including phenoxy) is 1. The Bertz CT molecular complexity index is 1200. The van der Waals surface area contributed by atoms with Crippen LogP contribution in [0.4, 0.5) is 11.5 Å². The van der Waals surface area contributed by atoms with Crippen LogP contribution in [0.3, 0.4) is 0 Å². The van der Waals surface area contributed by atoms with E-state index in [1.165, 1.54) is 12.1 Å². The molecule has 172 valence electrons. The first-order chi connectivity index (χ1) is 16.0. The van der Waals surface area contributed by atoms with Gasteiger partial charge in [0.25, 0.3) is 15.9 Å². The molecule has 3 aromatic rings. The fourth-order valence-corrected chi connectivity index (χ4v) is 4.64. The quantitative estimate of drug-likeness (QED) is 0.570. The highest BCUT2D eigenvalue weighted by molar-refractivity contribution is 7.92. The molecular formula is C23H25N5O4S. The van der Waals surface area contributed by atoms with Gasteiger partial charge in [-0.2, -0.15) is 0 Å². The summed E-state index contributed by atoms with van der Waals surface area (Å²) in [5.74, 6) is 1.25. The summed E-state index contributed by atoms with van der Waals surface area (Å²) in [4.78, 5) is 25.4. The Morgan fingerprint density at radius 3 is 2.48 bits per heavy atom. The molecule has 9 nitrogen and oxygen atoms in total. The highest BCUT2D eigenvalue weighted by atomic mass is 32.2. The van der Waals surface area contributed by atoms with E-state index in [2.05, 4.69) is 19.6 Å². The maximum atomic E-state index is 13.0. The van der Waals surface area contributed by atoms with Crippen LogP contribution >= 0.6 is 0 Å². The maximum absolute atomic E-state index is 13.0. The van der Waals surface area contributed by atoms with E-state index >= 15 is 0 Å². The highest BCUT2D eigenvalue weighted by Gasteiger charge is 2.23. The summed E-state index contributed by atoms with van der Waals surface area (Å²) in [5.41, 5.74) is 0.753. The number of carbonyl (C=O) groups is 1. The van der Waals surface area contributed by atoms with E-state index < -0.39 is 10.0 Å². The van der Waals surface area contributed by atoms with Crippen LogP contribution in [0.1, 0.15) is 17.3 Å². The van der Waals surface area contributed by atoms with Gasteiger partial charge < -0.3 is 14.5 Å². The SMILES string of the molecule is CCOc1ccc(S(=O)(=O)Nc2cccc(C(=O)N3CCN(c4cnccn4)CC3)c2)cc1. The van der Waals surface area contributed by atoms with Gasteiger partial charge in [-0.3, -0.25) is 14.5 Å². The largest absolute Gasteiger partial charge is 0.494 e. The number of piperazine rings is 1. The van der Waals surface area contributed by atoms with Crippen molar-refractivity contribution in [1.82, 2.24) is 14.9 Å². The minimum atomic E-state index is -3.80. The smallest absolute Gasteiger partial charge is 0.261 e. The molecule has 0 spiro atoms. The molecule has 33 heavy (non-hydrogen) atoms. The van der Waals surface area contributed by atoms with E-state index in [4.69, 9.17) is 4.74 Å². The topological polar surface area (TPSA) is 105 Å². The summed E-state index contributed by atoms with van der Waals surface area (Å²) in [7, 11) is -3.80. The van der Waals surface area contributed by atoms with E-state index in [1.54, 1.807) is 59.9 Å². The second kappa shape index (κ2) is 9.86. The van der Waals surface area contributed by atoms with Gasteiger partial charge in [-0.15, -0.1) is 0 Å². The maximum Gasteiger partial charge on any atom is 0.261 e. The Balaban J connectivity index is 1.41.